The lowest BCUT2D eigenvalue weighted by atomic mass is 10.0. The number of carbonyl (C=O) groups excluding carboxylic acids is 2. The van der Waals surface area contributed by atoms with Gasteiger partial charge in [-0.25, -0.2) is 12.8 Å². The highest BCUT2D eigenvalue weighted by Gasteiger charge is 2.34. The van der Waals surface area contributed by atoms with Gasteiger partial charge < -0.3 is 10.2 Å². The first kappa shape index (κ1) is 31.9. The van der Waals surface area contributed by atoms with Gasteiger partial charge >= 0.3 is 0 Å². The number of amides is 2. The third-order valence-electron chi connectivity index (χ3n) is 6.69. The van der Waals surface area contributed by atoms with Crippen molar-refractivity contribution in [3.8, 4) is 0 Å². The van der Waals surface area contributed by atoms with Gasteiger partial charge in [-0.1, -0.05) is 76.6 Å². The second-order valence-electron chi connectivity index (χ2n) is 10.3. The smallest absolute Gasteiger partial charge is 0.264 e. The van der Waals surface area contributed by atoms with Gasteiger partial charge in [-0.3, -0.25) is 13.9 Å². The van der Waals surface area contributed by atoms with Gasteiger partial charge in [-0.05, 0) is 73.5 Å². The summed E-state index contributed by atoms with van der Waals surface area (Å²) in [5, 5.41) is 2.91. The molecular formula is C33H33BrFN3O4S. The summed E-state index contributed by atoms with van der Waals surface area (Å²) in [4.78, 5) is 29.4. The largest absolute Gasteiger partial charge is 0.352 e. The second kappa shape index (κ2) is 14.4. The van der Waals surface area contributed by atoms with Crippen molar-refractivity contribution in [2.45, 2.75) is 43.8 Å². The summed E-state index contributed by atoms with van der Waals surface area (Å²) >= 11 is 3.38. The van der Waals surface area contributed by atoms with Crippen molar-refractivity contribution < 1.29 is 22.4 Å². The summed E-state index contributed by atoms with van der Waals surface area (Å²) in [6.07, 6.45) is 0.191. The molecule has 224 valence electrons. The lowest BCUT2D eigenvalue weighted by molar-refractivity contribution is -0.140. The molecule has 4 aromatic carbocycles. The summed E-state index contributed by atoms with van der Waals surface area (Å²) in [6, 6.07) is 28.2. The number of nitrogens with zero attached hydrogens (tertiary/aromatic N) is 2. The highest BCUT2D eigenvalue weighted by molar-refractivity contribution is 9.10. The standard InChI is InChI=1S/C33H33BrFN3O4S/c1-24(2)36-33(40)31(21-25-9-5-3-6-10-25)37(22-26-13-17-28(35)18-14-26)32(39)23-38(29-19-15-27(34)16-20-29)43(41,42)30-11-7-4-8-12-30/h3-20,24,31H,21-23H2,1-2H3,(H,36,40)/t31-/m0/s1. The Morgan fingerprint density at radius 2 is 1.40 bits per heavy atom. The SMILES string of the molecule is CC(C)NC(=O)[C@H](Cc1ccccc1)N(Cc1ccc(F)cc1)C(=O)CN(c1ccc(Br)cc1)S(=O)(=O)c1ccccc1. The Labute approximate surface area is 260 Å². The molecular weight excluding hydrogens is 633 g/mol. The van der Waals surface area contributed by atoms with Crippen LogP contribution in [0.5, 0.6) is 0 Å². The van der Waals surface area contributed by atoms with Crippen LogP contribution in [0.15, 0.2) is 119 Å². The number of hydrogen-bond donors (Lipinski definition) is 1. The molecule has 43 heavy (non-hydrogen) atoms. The van der Waals surface area contributed by atoms with Gasteiger partial charge in [0, 0.05) is 23.5 Å². The fraction of sp³-hybridized carbons (Fsp3) is 0.212. The topological polar surface area (TPSA) is 86.8 Å². The molecule has 10 heteroatoms. The molecule has 0 unspecified atom stereocenters. The van der Waals surface area contributed by atoms with Gasteiger partial charge in [0.05, 0.1) is 10.6 Å². The van der Waals surface area contributed by atoms with Crippen LogP contribution in [-0.2, 0) is 32.6 Å². The maximum Gasteiger partial charge on any atom is 0.264 e. The van der Waals surface area contributed by atoms with Crippen molar-refractivity contribution in [2.75, 3.05) is 10.8 Å². The molecule has 1 atom stereocenters. The average molecular weight is 667 g/mol. The molecule has 0 bridgehead atoms. The number of halogens is 2. The number of rotatable bonds is 12. The Hall–Kier alpha value is -4.02. The van der Waals surface area contributed by atoms with Gasteiger partial charge in [0.15, 0.2) is 0 Å². The predicted molar refractivity (Wildman–Crippen MR) is 169 cm³/mol. The molecule has 7 nitrogen and oxygen atoms in total. The third-order valence-corrected chi connectivity index (χ3v) is 9.01. The molecule has 0 heterocycles. The molecule has 0 radical (unpaired) electrons. The number of hydrogen-bond acceptors (Lipinski definition) is 4. The van der Waals surface area contributed by atoms with Crippen LogP contribution in [0.1, 0.15) is 25.0 Å². The minimum absolute atomic E-state index is 0.0224. The number of benzene rings is 4. The van der Waals surface area contributed by atoms with Crippen LogP contribution < -0.4 is 9.62 Å². The van der Waals surface area contributed by atoms with Crippen molar-refractivity contribution in [1.82, 2.24) is 10.2 Å². The van der Waals surface area contributed by atoms with Crippen molar-refractivity contribution in [1.29, 1.82) is 0 Å². The summed E-state index contributed by atoms with van der Waals surface area (Å²) in [5.74, 6) is -1.41. The molecule has 0 aliphatic carbocycles. The number of nitrogens with one attached hydrogen (secondary N) is 1. The van der Waals surface area contributed by atoms with Crippen LogP contribution >= 0.6 is 15.9 Å². The molecule has 4 rings (SSSR count). The zero-order valence-corrected chi connectivity index (χ0v) is 26.3. The van der Waals surface area contributed by atoms with E-state index in [9.17, 15) is 22.4 Å². The van der Waals surface area contributed by atoms with Gasteiger partial charge in [0.25, 0.3) is 10.0 Å². The van der Waals surface area contributed by atoms with E-state index in [1.54, 1.807) is 54.6 Å². The predicted octanol–water partition coefficient (Wildman–Crippen LogP) is 5.95. The summed E-state index contributed by atoms with van der Waals surface area (Å²) in [5.41, 5.74) is 1.70. The normalized spacial score (nSPS) is 12.0. The van der Waals surface area contributed by atoms with Crippen LogP contribution in [0, 0.1) is 5.82 Å². The third kappa shape index (κ3) is 8.52. The molecule has 0 saturated carbocycles. The van der Waals surface area contributed by atoms with Gasteiger partial charge in [0.1, 0.15) is 18.4 Å². The molecule has 1 N–H and O–H groups in total. The summed E-state index contributed by atoms with van der Waals surface area (Å²) in [7, 11) is -4.18. The fourth-order valence-electron chi connectivity index (χ4n) is 4.58. The number of anilines is 1. The minimum atomic E-state index is -4.18. The lowest BCUT2D eigenvalue weighted by Gasteiger charge is -2.34. The number of sulfonamides is 1. The van der Waals surface area contributed by atoms with Crippen LogP contribution in [0.2, 0.25) is 0 Å². The lowest BCUT2D eigenvalue weighted by Crippen LogP contribution is -2.54. The molecule has 2 amide bonds. The van der Waals surface area contributed by atoms with E-state index in [2.05, 4.69) is 21.2 Å². The minimum Gasteiger partial charge on any atom is -0.352 e. The Morgan fingerprint density at radius 1 is 0.814 bits per heavy atom. The zero-order chi connectivity index (χ0) is 31.0. The van der Waals surface area contributed by atoms with Gasteiger partial charge in [0.2, 0.25) is 11.8 Å². The maximum atomic E-state index is 14.3. The summed E-state index contributed by atoms with van der Waals surface area (Å²) in [6.45, 7) is 3.04. The van der Waals surface area contributed by atoms with E-state index in [1.165, 1.54) is 29.2 Å². The number of carbonyl (C=O) groups is 2. The van der Waals surface area contributed by atoms with Crippen LogP contribution in [0.4, 0.5) is 10.1 Å². The zero-order valence-electron chi connectivity index (χ0n) is 23.9. The van der Waals surface area contributed by atoms with E-state index in [4.69, 9.17) is 0 Å². The highest BCUT2D eigenvalue weighted by atomic mass is 79.9. The Bertz CT molecular complexity index is 1620. The van der Waals surface area contributed by atoms with Crippen molar-refractivity contribution in [3.63, 3.8) is 0 Å². The maximum absolute atomic E-state index is 14.3. The Kier molecular flexibility index (Phi) is 10.7. The average Bonchev–Trinajstić information content (AvgIpc) is 2.99. The van der Waals surface area contributed by atoms with Gasteiger partial charge in [-0.2, -0.15) is 0 Å². The van der Waals surface area contributed by atoms with E-state index in [-0.39, 0.29) is 35.5 Å². The van der Waals surface area contributed by atoms with E-state index in [1.807, 2.05) is 44.2 Å². The van der Waals surface area contributed by atoms with Crippen molar-refractivity contribution in [3.05, 3.63) is 131 Å². The van der Waals surface area contributed by atoms with Gasteiger partial charge in [-0.15, -0.1) is 0 Å². The van der Waals surface area contributed by atoms with Crippen LogP contribution in [0.3, 0.4) is 0 Å². The first-order valence-electron chi connectivity index (χ1n) is 13.8. The Balaban J connectivity index is 1.79. The molecule has 0 aliphatic rings. The molecule has 0 saturated heterocycles. The molecule has 0 aromatic heterocycles. The van der Waals surface area contributed by atoms with Crippen molar-refractivity contribution in [2.24, 2.45) is 0 Å². The molecule has 0 fully saturated rings. The first-order valence-corrected chi connectivity index (χ1v) is 16.0. The molecule has 0 spiro atoms. The first-order chi connectivity index (χ1) is 20.5. The van der Waals surface area contributed by atoms with Crippen LogP contribution in [-0.4, -0.2) is 43.8 Å². The van der Waals surface area contributed by atoms with Crippen molar-refractivity contribution >= 4 is 43.5 Å². The Morgan fingerprint density at radius 3 is 1.98 bits per heavy atom. The van der Waals surface area contributed by atoms with E-state index >= 15 is 0 Å². The fourth-order valence-corrected chi connectivity index (χ4v) is 6.28. The van der Waals surface area contributed by atoms with E-state index < -0.39 is 34.3 Å². The second-order valence-corrected chi connectivity index (χ2v) is 13.1. The van der Waals surface area contributed by atoms with E-state index in [0.717, 1.165) is 14.3 Å². The highest BCUT2D eigenvalue weighted by Crippen LogP contribution is 2.26. The quantitative estimate of drug-likeness (QED) is 0.203. The van der Waals surface area contributed by atoms with Crippen LogP contribution in [0.25, 0.3) is 0 Å². The molecule has 4 aromatic rings. The van der Waals surface area contributed by atoms with E-state index in [0.29, 0.717) is 5.56 Å². The molecule has 0 aliphatic heterocycles. The monoisotopic (exact) mass is 665 g/mol. The summed E-state index contributed by atoms with van der Waals surface area (Å²) < 4.78 is 43.4.